The number of alkyl carbamates (subject to hydrolysis) is 1. The Morgan fingerprint density at radius 2 is 1.67 bits per heavy atom. The summed E-state index contributed by atoms with van der Waals surface area (Å²) >= 11 is 0. The number of amides is 1. The summed E-state index contributed by atoms with van der Waals surface area (Å²) in [6, 6.07) is 22.0. The van der Waals surface area contributed by atoms with E-state index in [4.69, 9.17) is 14.2 Å². The van der Waals surface area contributed by atoms with Crippen molar-refractivity contribution in [3.8, 4) is 0 Å². The summed E-state index contributed by atoms with van der Waals surface area (Å²) in [5.74, 6) is -1.46. The van der Waals surface area contributed by atoms with Crippen LogP contribution in [0.5, 0.6) is 0 Å². The van der Waals surface area contributed by atoms with Crippen molar-refractivity contribution in [3.63, 3.8) is 0 Å². The second-order valence-corrected chi connectivity index (χ2v) is 9.73. The molecule has 186 valence electrons. The molecule has 7 heteroatoms. The lowest BCUT2D eigenvalue weighted by molar-refractivity contribution is -0.181. The van der Waals surface area contributed by atoms with Gasteiger partial charge in [0.1, 0.15) is 18.2 Å². The number of aryl methyl sites for hydroxylation is 1. The normalized spacial score (nSPS) is 17.5. The number of carbonyl (C=O) groups is 3. The molecule has 36 heavy (non-hydrogen) atoms. The number of nitrogens with one attached hydrogen (secondary N) is 1. The molecule has 0 saturated heterocycles. The molecule has 2 atom stereocenters. The molecule has 0 radical (unpaired) electrons. The molecule has 1 heterocycles. The lowest BCUT2D eigenvalue weighted by Gasteiger charge is -2.37. The highest BCUT2D eigenvalue weighted by Crippen LogP contribution is 2.47. The van der Waals surface area contributed by atoms with Crippen molar-refractivity contribution in [3.05, 3.63) is 107 Å². The van der Waals surface area contributed by atoms with Crippen LogP contribution in [-0.2, 0) is 31.2 Å². The molecule has 0 saturated carbocycles. The van der Waals surface area contributed by atoms with E-state index in [0.29, 0.717) is 11.1 Å². The molecule has 3 aromatic carbocycles. The molecule has 1 aliphatic heterocycles. The molecule has 3 aromatic rings. The summed E-state index contributed by atoms with van der Waals surface area (Å²) in [5.41, 5.74) is -0.0192. The van der Waals surface area contributed by atoms with Gasteiger partial charge in [-0.3, -0.25) is 0 Å². The second-order valence-electron chi connectivity index (χ2n) is 9.73. The second kappa shape index (κ2) is 9.85. The summed E-state index contributed by atoms with van der Waals surface area (Å²) < 4.78 is 17.1. The van der Waals surface area contributed by atoms with Gasteiger partial charge in [-0.05, 0) is 44.9 Å². The van der Waals surface area contributed by atoms with Crippen LogP contribution in [0.15, 0.2) is 78.9 Å². The predicted octanol–water partition coefficient (Wildman–Crippen LogP) is 5.37. The zero-order valence-electron chi connectivity index (χ0n) is 20.7. The Hall–Kier alpha value is -4.13. The summed E-state index contributed by atoms with van der Waals surface area (Å²) in [7, 11) is 0. The monoisotopic (exact) mass is 487 g/mol. The molecule has 0 aliphatic carbocycles. The lowest BCUT2D eigenvalue weighted by atomic mass is 9.81. The van der Waals surface area contributed by atoms with E-state index in [1.54, 1.807) is 57.2 Å². The van der Waals surface area contributed by atoms with Crippen LogP contribution in [0, 0.1) is 6.92 Å². The SMILES string of the molecule is Cc1cccc([C@H](NC(=O)OCc2ccccc2)[C@]2(C(=O)OC(C)(C)C)OC(=O)c3ccccc32)c1. The summed E-state index contributed by atoms with van der Waals surface area (Å²) in [6.07, 6.45) is -0.770. The van der Waals surface area contributed by atoms with E-state index in [-0.39, 0.29) is 12.2 Å². The van der Waals surface area contributed by atoms with Gasteiger partial charge in [0.15, 0.2) is 0 Å². The Morgan fingerprint density at radius 1 is 0.972 bits per heavy atom. The average Bonchev–Trinajstić information content (AvgIpc) is 3.14. The van der Waals surface area contributed by atoms with Crippen LogP contribution in [0.1, 0.15) is 59.4 Å². The van der Waals surface area contributed by atoms with Crippen molar-refractivity contribution in [2.75, 3.05) is 0 Å². The molecular formula is C29H29NO6. The molecular weight excluding hydrogens is 458 g/mol. The fraction of sp³-hybridized carbons (Fsp3) is 0.276. The van der Waals surface area contributed by atoms with Gasteiger partial charge in [0.05, 0.1) is 5.56 Å². The molecule has 0 spiro atoms. The number of ether oxygens (including phenoxy) is 3. The van der Waals surface area contributed by atoms with Gasteiger partial charge in [0.25, 0.3) is 5.60 Å². The largest absolute Gasteiger partial charge is 0.457 e. The first-order chi connectivity index (χ1) is 17.1. The number of hydrogen-bond donors (Lipinski definition) is 1. The average molecular weight is 488 g/mol. The van der Waals surface area contributed by atoms with Crippen molar-refractivity contribution in [1.29, 1.82) is 0 Å². The van der Waals surface area contributed by atoms with Gasteiger partial charge in [-0.15, -0.1) is 0 Å². The lowest BCUT2D eigenvalue weighted by Crippen LogP contribution is -2.52. The van der Waals surface area contributed by atoms with E-state index in [0.717, 1.165) is 11.1 Å². The Kier molecular flexibility index (Phi) is 6.84. The van der Waals surface area contributed by atoms with E-state index in [1.807, 2.05) is 49.4 Å². The number of rotatable bonds is 6. The molecule has 0 aromatic heterocycles. The Labute approximate surface area is 210 Å². The Bertz CT molecular complexity index is 1280. The Balaban J connectivity index is 1.79. The van der Waals surface area contributed by atoms with Crippen LogP contribution in [0.2, 0.25) is 0 Å². The third-order valence-electron chi connectivity index (χ3n) is 5.76. The highest BCUT2D eigenvalue weighted by molar-refractivity contribution is 6.01. The Morgan fingerprint density at radius 3 is 2.36 bits per heavy atom. The first kappa shape index (κ1) is 25.0. The number of fused-ring (bicyclic) bond motifs is 1. The first-order valence-electron chi connectivity index (χ1n) is 11.7. The van der Waals surface area contributed by atoms with Crippen molar-refractivity contribution in [2.45, 2.75) is 51.5 Å². The third-order valence-corrected chi connectivity index (χ3v) is 5.76. The summed E-state index contributed by atoms with van der Waals surface area (Å²) in [6.45, 7) is 7.10. The maximum absolute atomic E-state index is 13.9. The fourth-order valence-corrected chi connectivity index (χ4v) is 4.23. The highest BCUT2D eigenvalue weighted by Gasteiger charge is 2.60. The van der Waals surface area contributed by atoms with Gasteiger partial charge >= 0.3 is 18.0 Å². The molecule has 1 aliphatic rings. The van der Waals surface area contributed by atoms with Crippen LogP contribution in [0.4, 0.5) is 4.79 Å². The molecule has 0 fully saturated rings. The van der Waals surface area contributed by atoms with E-state index < -0.39 is 35.3 Å². The zero-order chi connectivity index (χ0) is 25.9. The summed E-state index contributed by atoms with van der Waals surface area (Å²) in [5, 5.41) is 2.80. The van der Waals surface area contributed by atoms with Gasteiger partial charge in [-0.2, -0.15) is 0 Å². The van der Waals surface area contributed by atoms with Crippen molar-refractivity contribution >= 4 is 18.0 Å². The minimum Gasteiger partial charge on any atom is -0.457 e. The minimum absolute atomic E-state index is 0.0308. The molecule has 1 amide bonds. The van der Waals surface area contributed by atoms with Gasteiger partial charge in [0.2, 0.25) is 0 Å². The number of benzene rings is 3. The van der Waals surface area contributed by atoms with Crippen LogP contribution < -0.4 is 5.32 Å². The zero-order valence-corrected chi connectivity index (χ0v) is 20.7. The standard InChI is InChI=1S/C29H29NO6/c1-19-11-10-14-21(17-19)24(30-27(33)34-18-20-12-6-5-7-13-20)29(26(32)36-28(2,3)4)23-16-9-8-15-22(23)25(31)35-29/h5-17,24H,18H2,1-4H3,(H,30,33)/t24-,29+/m0/s1. The van der Waals surface area contributed by atoms with Crippen molar-refractivity contribution < 1.29 is 28.6 Å². The van der Waals surface area contributed by atoms with Gasteiger partial charge in [0, 0.05) is 5.56 Å². The fourth-order valence-electron chi connectivity index (χ4n) is 4.23. The number of esters is 2. The number of carbonyl (C=O) groups excluding carboxylic acids is 3. The predicted molar refractivity (Wildman–Crippen MR) is 133 cm³/mol. The van der Waals surface area contributed by atoms with Crippen LogP contribution >= 0.6 is 0 Å². The number of hydrogen-bond acceptors (Lipinski definition) is 6. The van der Waals surface area contributed by atoms with Crippen LogP contribution in [-0.4, -0.2) is 23.6 Å². The first-order valence-corrected chi connectivity index (χ1v) is 11.7. The van der Waals surface area contributed by atoms with E-state index in [1.165, 1.54) is 0 Å². The maximum atomic E-state index is 13.9. The van der Waals surface area contributed by atoms with Gasteiger partial charge < -0.3 is 19.5 Å². The van der Waals surface area contributed by atoms with E-state index >= 15 is 0 Å². The molecule has 7 nitrogen and oxygen atoms in total. The van der Waals surface area contributed by atoms with E-state index in [2.05, 4.69) is 5.32 Å². The van der Waals surface area contributed by atoms with Gasteiger partial charge in [-0.1, -0.05) is 78.4 Å². The quantitative estimate of drug-likeness (QED) is 0.371. The third kappa shape index (κ3) is 5.10. The van der Waals surface area contributed by atoms with Crippen LogP contribution in [0.3, 0.4) is 0 Å². The van der Waals surface area contributed by atoms with E-state index in [9.17, 15) is 14.4 Å². The molecule has 0 unspecified atom stereocenters. The molecule has 1 N–H and O–H groups in total. The highest BCUT2D eigenvalue weighted by atomic mass is 16.6. The minimum atomic E-state index is -1.96. The number of cyclic esters (lactones) is 1. The summed E-state index contributed by atoms with van der Waals surface area (Å²) in [4.78, 5) is 39.9. The van der Waals surface area contributed by atoms with Crippen LogP contribution in [0.25, 0.3) is 0 Å². The van der Waals surface area contributed by atoms with Crippen molar-refractivity contribution in [1.82, 2.24) is 5.32 Å². The smallest absolute Gasteiger partial charge is 0.408 e. The van der Waals surface area contributed by atoms with Gasteiger partial charge in [-0.25, -0.2) is 14.4 Å². The maximum Gasteiger partial charge on any atom is 0.408 e. The molecule has 4 rings (SSSR count). The topological polar surface area (TPSA) is 90.9 Å². The molecule has 0 bridgehead atoms. The van der Waals surface area contributed by atoms with Crippen molar-refractivity contribution in [2.24, 2.45) is 0 Å².